The fourth-order valence-corrected chi connectivity index (χ4v) is 5.48. The summed E-state index contributed by atoms with van der Waals surface area (Å²) in [6.07, 6.45) is 0. The van der Waals surface area contributed by atoms with Gasteiger partial charge < -0.3 is 0 Å². The largest absolute Gasteiger partial charge is 0.267 e. The number of aryl methyl sites for hydroxylation is 2. The molecule has 2 aromatic heterocycles. The Morgan fingerprint density at radius 3 is 1.97 bits per heavy atom. The number of nitrogens with two attached hydrogens (primary N) is 1. The van der Waals surface area contributed by atoms with Crippen LogP contribution in [0.25, 0.3) is 5.69 Å². The minimum atomic E-state index is -4.94. The van der Waals surface area contributed by atoms with Crippen molar-refractivity contribution in [1.82, 2.24) is 10.2 Å². The lowest BCUT2D eigenvalue weighted by molar-refractivity contribution is -2.00. The Labute approximate surface area is 202 Å². The molecule has 0 atom stereocenters. The van der Waals surface area contributed by atoms with E-state index in [4.69, 9.17) is 23.8 Å². The summed E-state index contributed by atoms with van der Waals surface area (Å²) in [6.45, 7) is 8.10. The van der Waals surface area contributed by atoms with E-state index < -0.39 is 34.6 Å². The van der Waals surface area contributed by atoms with Crippen LogP contribution < -0.4 is 33.1 Å². The van der Waals surface area contributed by atoms with Crippen molar-refractivity contribution in [1.29, 1.82) is 0 Å². The monoisotopic (exact) mass is 553 g/mol. The Hall–Kier alpha value is -2.28. The number of halogens is 1. The van der Waals surface area contributed by atoms with Crippen molar-refractivity contribution in [2.75, 3.05) is 4.72 Å². The van der Waals surface area contributed by atoms with Crippen LogP contribution in [0.5, 0.6) is 0 Å². The van der Waals surface area contributed by atoms with Gasteiger partial charge in [0.2, 0.25) is 15.2 Å². The number of hydrogen-bond acceptors (Lipinski definition) is 11. The van der Waals surface area contributed by atoms with E-state index >= 15 is 0 Å². The first-order valence-corrected chi connectivity index (χ1v) is 14.1. The average molecular weight is 554 g/mol. The summed E-state index contributed by atoms with van der Waals surface area (Å²) in [5, 5.41) is 11.7. The highest BCUT2D eigenvalue weighted by Gasteiger charge is 2.22. The highest BCUT2D eigenvalue weighted by Crippen LogP contribution is 2.22. The van der Waals surface area contributed by atoms with Crippen LogP contribution in [-0.4, -0.2) is 27.0 Å². The fraction of sp³-hybridized carbons (Fsp3) is 0.235. The lowest BCUT2D eigenvalue weighted by atomic mass is 10.1. The van der Waals surface area contributed by atoms with Crippen LogP contribution in [0.3, 0.4) is 0 Å². The number of rotatable bonds is 5. The molecule has 0 saturated heterocycles. The topological polar surface area (TPSA) is 228 Å². The van der Waals surface area contributed by atoms with Crippen LogP contribution in [0.1, 0.15) is 22.5 Å². The SMILES string of the molecule is Cc1cc(C)[n+](-c2ccc(S(=O)(=O)Nc3nnc(S(N)(=O)=O)s3)cc2)c(C)c1C.[O-][Cl+3]([O-])([O-])[O-]. The van der Waals surface area contributed by atoms with Gasteiger partial charge in [0.1, 0.15) is 0 Å². The maximum Gasteiger partial charge on any atom is 0.267 e. The van der Waals surface area contributed by atoms with Crippen LogP contribution in [-0.2, 0) is 20.0 Å². The molecule has 186 valence electrons. The summed E-state index contributed by atoms with van der Waals surface area (Å²) in [6, 6.07) is 8.44. The maximum atomic E-state index is 12.6. The van der Waals surface area contributed by atoms with E-state index in [0.717, 1.165) is 22.6 Å². The minimum absolute atomic E-state index is 0.00773. The fourth-order valence-electron chi connectivity index (χ4n) is 2.92. The van der Waals surface area contributed by atoms with E-state index in [1.807, 2.05) is 20.8 Å². The molecule has 0 bridgehead atoms. The second-order valence-corrected chi connectivity index (χ2v) is 12.1. The zero-order chi connectivity index (χ0) is 26.1. The van der Waals surface area contributed by atoms with Crippen LogP contribution in [0, 0.1) is 37.9 Å². The number of primary sulfonamides is 1. The van der Waals surface area contributed by atoms with E-state index in [2.05, 4.69) is 32.5 Å². The van der Waals surface area contributed by atoms with Crippen LogP contribution in [0.4, 0.5) is 5.13 Å². The van der Waals surface area contributed by atoms with Gasteiger partial charge in [0.05, 0.1) is 4.90 Å². The second kappa shape index (κ2) is 10.1. The molecule has 3 aromatic rings. The van der Waals surface area contributed by atoms with Gasteiger partial charge in [-0.2, -0.15) is 4.57 Å². The summed E-state index contributed by atoms with van der Waals surface area (Å²) < 4.78 is 85.5. The molecule has 0 unspecified atom stereocenters. The zero-order valence-electron chi connectivity index (χ0n) is 18.2. The zero-order valence-corrected chi connectivity index (χ0v) is 21.4. The van der Waals surface area contributed by atoms with Gasteiger partial charge in [0.25, 0.3) is 20.0 Å². The molecule has 0 amide bonds. The first-order valence-electron chi connectivity index (χ1n) is 9.01. The van der Waals surface area contributed by atoms with Gasteiger partial charge in [-0.05, 0) is 31.5 Å². The summed E-state index contributed by atoms with van der Waals surface area (Å²) in [5.74, 6) is 0. The van der Waals surface area contributed by atoms with E-state index in [9.17, 15) is 16.8 Å². The van der Waals surface area contributed by atoms with Gasteiger partial charge in [-0.25, -0.2) is 40.6 Å². The number of nitrogens with one attached hydrogen (secondary N) is 1. The van der Waals surface area contributed by atoms with Gasteiger partial charge in [-0.1, -0.05) is 11.3 Å². The molecule has 3 rings (SSSR count). The predicted molar refractivity (Wildman–Crippen MR) is 109 cm³/mol. The van der Waals surface area contributed by atoms with Crippen molar-refractivity contribution in [3.8, 4) is 5.69 Å². The van der Waals surface area contributed by atoms with E-state index in [1.165, 1.54) is 17.7 Å². The molecule has 0 aliphatic carbocycles. The lowest BCUT2D eigenvalue weighted by Crippen LogP contribution is -2.68. The molecule has 13 nitrogen and oxygen atoms in total. The minimum Gasteiger partial charge on any atom is -0.253 e. The molecule has 34 heavy (non-hydrogen) atoms. The molecule has 1 aromatic carbocycles. The van der Waals surface area contributed by atoms with Gasteiger partial charge in [-0.3, -0.25) is 4.72 Å². The molecule has 0 saturated carbocycles. The molecule has 0 fully saturated rings. The molecule has 0 aliphatic rings. The Morgan fingerprint density at radius 2 is 1.50 bits per heavy atom. The van der Waals surface area contributed by atoms with Crippen molar-refractivity contribution in [3.05, 3.63) is 52.8 Å². The third-order valence-electron chi connectivity index (χ3n) is 4.52. The van der Waals surface area contributed by atoms with Crippen LogP contribution >= 0.6 is 11.3 Å². The quantitative estimate of drug-likeness (QED) is 0.299. The van der Waals surface area contributed by atoms with Crippen molar-refractivity contribution in [2.24, 2.45) is 5.14 Å². The summed E-state index contributed by atoms with van der Waals surface area (Å²) in [7, 11) is -13.0. The number of hydrogen-bond donors (Lipinski definition) is 2. The smallest absolute Gasteiger partial charge is 0.253 e. The highest BCUT2D eigenvalue weighted by atomic mass is 35.7. The standard InChI is InChI=1S/C17H20N5O4S3.ClHO4/c1-10-9-11(2)22(13(4)12(10)3)14-5-7-15(8-6-14)29(25,26)21-16-19-20-17(27-16)28(18,23)24;2-1(3,4)5/h5-9H,1-4H3,(H,19,21)(H2,18,23,24);(H,2,3,4,5)/q+1;/p-1. The molecule has 0 spiro atoms. The van der Waals surface area contributed by atoms with E-state index in [1.54, 1.807) is 12.1 Å². The third kappa shape index (κ3) is 7.36. The Morgan fingerprint density at radius 1 is 0.971 bits per heavy atom. The molecule has 0 aliphatic heterocycles. The molecule has 3 N–H and O–H groups in total. The van der Waals surface area contributed by atoms with Gasteiger partial charge in [0, 0.05) is 37.6 Å². The van der Waals surface area contributed by atoms with Crippen molar-refractivity contribution in [3.63, 3.8) is 0 Å². The number of anilines is 1. The number of sulfonamides is 2. The van der Waals surface area contributed by atoms with Gasteiger partial charge >= 0.3 is 0 Å². The number of pyridine rings is 1. The van der Waals surface area contributed by atoms with Crippen LogP contribution in [0.15, 0.2) is 39.6 Å². The maximum absolute atomic E-state index is 12.6. The van der Waals surface area contributed by atoms with Crippen molar-refractivity contribution >= 4 is 36.5 Å². The molecular formula is C17H20ClN5O8S3. The first kappa shape index (κ1) is 28.0. The molecule has 0 radical (unpaired) electrons. The van der Waals surface area contributed by atoms with Gasteiger partial charge in [0.15, 0.2) is 11.4 Å². The predicted octanol–water partition coefficient (Wildman–Crippen LogP) is -3.26. The Balaban J connectivity index is 0.000000739. The average Bonchev–Trinajstić information content (AvgIpc) is 3.14. The summed E-state index contributed by atoms with van der Waals surface area (Å²) >= 11 is 0.539. The molecule has 2 heterocycles. The number of benzene rings is 1. The first-order chi connectivity index (χ1) is 15.4. The molecular weight excluding hydrogens is 534 g/mol. The van der Waals surface area contributed by atoms with Crippen LogP contribution in [0.2, 0.25) is 0 Å². The summed E-state index contributed by atoms with van der Waals surface area (Å²) in [5.41, 5.74) is 5.28. The number of aromatic nitrogens is 3. The van der Waals surface area contributed by atoms with E-state index in [0.29, 0.717) is 11.3 Å². The molecule has 17 heteroatoms. The third-order valence-corrected chi connectivity index (χ3v) is 8.16. The Bertz CT molecular complexity index is 1400. The normalized spacial score (nSPS) is 12.1. The number of nitrogens with zero attached hydrogens (tertiary/aromatic N) is 3. The van der Waals surface area contributed by atoms with Crippen molar-refractivity contribution < 1.29 is 50.3 Å². The Kier molecular flexibility index (Phi) is 8.34. The highest BCUT2D eigenvalue weighted by molar-refractivity contribution is 7.93. The summed E-state index contributed by atoms with van der Waals surface area (Å²) in [4.78, 5) is 0.00773. The van der Waals surface area contributed by atoms with E-state index in [-0.39, 0.29) is 10.0 Å². The van der Waals surface area contributed by atoms with Crippen molar-refractivity contribution in [2.45, 2.75) is 36.9 Å². The van der Waals surface area contributed by atoms with Gasteiger partial charge in [-0.15, -0.1) is 20.4 Å². The second-order valence-electron chi connectivity index (χ2n) is 6.91. The lowest BCUT2D eigenvalue weighted by Gasteiger charge is -2.17.